The van der Waals surface area contributed by atoms with E-state index < -0.39 is 0 Å². The van der Waals surface area contributed by atoms with Gasteiger partial charge in [0, 0.05) is 6.54 Å². The number of hydrogen-bond donors (Lipinski definition) is 0. The maximum absolute atomic E-state index is 13.4. The van der Waals surface area contributed by atoms with Crippen molar-refractivity contribution in [3.63, 3.8) is 0 Å². The molecule has 1 heterocycles. The molecule has 284 valence electrons. The first-order valence-corrected chi connectivity index (χ1v) is 21.4. The van der Waals surface area contributed by atoms with Crippen LogP contribution in [0.4, 0.5) is 0 Å². The Labute approximate surface area is 306 Å². The molecular formula is C46H83NO2. The number of carbonyl (C=O) groups is 1. The van der Waals surface area contributed by atoms with Crippen LogP contribution in [0, 0.1) is 11.8 Å². The molecule has 1 aliphatic heterocycles. The van der Waals surface area contributed by atoms with Gasteiger partial charge in [-0.3, -0.25) is 4.79 Å². The number of allylic oxidation sites excluding steroid dienone is 8. The second-order valence-electron chi connectivity index (χ2n) is 15.7. The van der Waals surface area contributed by atoms with Gasteiger partial charge in [-0.15, -0.1) is 0 Å². The van der Waals surface area contributed by atoms with E-state index in [4.69, 9.17) is 4.74 Å². The average Bonchev–Trinajstić information content (AvgIpc) is 3.07. The second-order valence-corrected chi connectivity index (χ2v) is 15.7. The van der Waals surface area contributed by atoms with Crippen LogP contribution in [0.25, 0.3) is 0 Å². The molecule has 0 bridgehead atoms. The largest absolute Gasteiger partial charge is 0.459 e. The maximum Gasteiger partial charge on any atom is 0.309 e. The maximum atomic E-state index is 13.4. The van der Waals surface area contributed by atoms with E-state index in [-0.39, 0.29) is 17.5 Å². The Morgan fingerprint density at radius 3 is 1.41 bits per heavy atom. The zero-order valence-electron chi connectivity index (χ0n) is 33.5. The van der Waals surface area contributed by atoms with Gasteiger partial charge in [-0.25, -0.2) is 0 Å². The minimum absolute atomic E-state index is 0.0576. The first-order valence-electron chi connectivity index (χ1n) is 21.4. The smallest absolute Gasteiger partial charge is 0.309 e. The normalized spacial score (nSPS) is 17.8. The molecule has 2 atom stereocenters. The number of piperidine rings is 1. The van der Waals surface area contributed by atoms with Crippen molar-refractivity contribution in [1.29, 1.82) is 0 Å². The van der Waals surface area contributed by atoms with Crippen molar-refractivity contribution in [3.05, 3.63) is 48.6 Å². The molecule has 0 amide bonds. The average molecular weight is 682 g/mol. The van der Waals surface area contributed by atoms with Crippen LogP contribution in [0.3, 0.4) is 0 Å². The minimum atomic E-state index is -0.315. The van der Waals surface area contributed by atoms with E-state index in [1.165, 1.54) is 141 Å². The molecule has 0 spiro atoms. The third-order valence-electron chi connectivity index (χ3n) is 10.6. The lowest BCUT2D eigenvalue weighted by molar-refractivity contribution is -0.168. The van der Waals surface area contributed by atoms with E-state index in [2.05, 4.69) is 88.3 Å². The second kappa shape index (κ2) is 32.3. The van der Waals surface area contributed by atoms with Crippen molar-refractivity contribution >= 4 is 5.97 Å². The van der Waals surface area contributed by atoms with E-state index in [9.17, 15) is 4.79 Å². The first kappa shape index (κ1) is 45.4. The molecule has 0 aromatic heterocycles. The number of hydrogen-bond acceptors (Lipinski definition) is 3. The summed E-state index contributed by atoms with van der Waals surface area (Å²) in [6.07, 6.45) is 52.0. The van der Waals surface area contributed by atoms with Crippen LogP contribution in [0.1, 0.15) is 201 Å². The molecule has 1 fully saturated rings. The summed E-state index contributed by atoms with van der Waals surface area (Å²) in [5.41, 5.74) is -0.315. The highest BCUT2D eigenvalue weighted by atomic mass is 16.6. The SMILES string of the molecule is CCCCC/C=C\C/C=C\CCCCCCCCC(C)(CCCCCCCC/C=C\C/C=C\CCCCC)OC(=O)C1CCN(C)CC1C. The number of esters is 1. The lowest BCUT2D eigenvalue weighted by atomic mass is 9.86. The Morgan fingerprint density at radius 2 is 1.00 bits per heavy atom. The van der Waals surface area contributed by atoms with Crippen molar-refractivity contribution < 1.29 is 9.53 Å². The number of likely N-dealkylation sites (tertiary alicyclic amines) is 1. The highest BCUT2D eigenvalue weighted by Gasteiger charge is 2.36. The van der Waals surface area contributed by atoms with Gasteiger partial charge in [-0.2, -0.15) is 0 Å². The Kier molecular flexibility index (Phi) is 29.9. The Balaban J connectivity index is 2.30. The molecular weight excluding hydrogens is 599 g/mol. The van der Waals surface area contributed by atoms with Gasteiger partial charge in [0.15, 0.2) is 0 Å². The van der Waals surface area contributed by atoms with Gasteiger partial charge >= 0.3 is 5.97 Å². The van der Waals surface area contributed by atoms with Crippen molar-refractivity contribution in [1.82, 2.24) is 4.90 Å². The topological polar surface area (TPSA) is 29.5 Å². The number of carbonyl (C=O) groups excluding carboxylic acids is 1. The van der Waals surface area contributed by atoms with Crippen LogP contribution in [-0.2, 0) is 9.53 Å². The van der Waals surface area contributed by atoms with Gasteiger partial charge in [-0.1, -0.05) is 146 Å². The van der Waals surface area contributed by atoms with Crippen LogP contribution in [0.5, 0.6) is 0 Å². The van der Waals surface area contributed by atoms with Crippen molar-refractivity contribution in [2.24, 2.45) is 11.8 Å². The summed E-state index contributed by atoms with van der Waals surface area (Å²) < 4.78 is 6.45. The lowest BCUT2D eigenvalue weighted by Gasteiger charge is -2.37. The molecule has 2 unspecified atom stereocenters. The molecule has 1 aliphatic rings. The lowest BCUT2D eigenvalue weighted by Crippen LogP contribution is -2.43. The van der Waals surface area contributed by atoms with Crippen molar-refractivity contribution in [2.45, 2.75) is 207 Å². The van der Waals surface area contributed by atoms with Crippen LogP contribution in [0.2, 0.25) is 0 Å². The molecule has 3 heteroatoms. The van der Waals surface area contributed by atoms with E-state index >= 15 is 0 Å². The van der Waals surface area contributed by atoms with Gasteiger partial charge < -0.3 is 9.64 Å². The zero-order valence-corrected chi connectivity index (χ0v) is 33.5. The summed E-state index contributed by atoms with van der Waals surface area (Å²) >= 11 is 0. The van der Waals surface area contributed by atoms with Crippen LogP contribution >= 0.6 is 0 Å². The number of ether oxygens (including phenoxy) is 1. The Morgan fingerprint density at radius 1 is 0.612 bits per heavy atom. The van der Waals surface area contributed by atoms with Gasteiger partial charge in [0.25, 0.3) is 0 Å². The third-order valence-corrected chi connectivity index (χ3v) is 10.6. The monoisotopic (exact) mass is 682 g/mol. The third kappa shape index (κ3) is 26.8. The highest BCUT2D eigenvalue weighted by Crippen LogP contribution is 2.31. The van der Waals surface area contributed by atoms with E-state index in [0.29, 0.717) is 5.92 Å². The van der Waals surface area contributed by atoms with E-state index in [0.717, 1.165) is 45.2 Å². The number of nitrogens with zero attached hydrogens (tertiary/aromatic N) is 1. The summed E-state index contributed by atoms with van der Waals surface area (Å²) in [6.45, 7) is 11.0. The predicted octanol–water partition coefficient (Wildman–Crippen LogP) is 14.3. The fourth-order valence-corrected chi connectivity index (χ4v) is 7.22. The summed E-state index contributed by atoms with van der Waals surface area (Å²) in [4.78, 5) is 15.8. The van der Waals surface area contributed by atoms with Crippen LogP contribution in [0.15, 0.2) is 48.6 Å². The minimum Gasteiger partial charge on any atom is -0.459 e. The van der Waals surface area contributed by atoms with Gasteiger partial charge in [-0.05, 0) is 123 Å². The molecule has 0 N–H and O–H groups in total. The molecule has 0 saturated carbocycles. The van der Waals surface area contributed by atoms with Crippen molar-refractivity contribution in [2.75, 3.05) is 20.1 Å². The Hall–Kier alpha value is -1.61. The molecule has 49 heavy (non-hydrogen) atoms. The molecule has 0 aromatic rings. The summed E-state index contributed by atoms with van der Waals surface area (Å²) in [5, 5.41) is 0. The molecule has 1 saturated heterocycles. The fraction of sp³-hybridized carbons (Fsp3) is 0.804. The van der Waals surface area contributed by atoms with Gasteiger partial charge in [0.05, 0.1) is 5.92 Å². The van der Waals surface area contributed by atoms with Gasteiger partial charge in [0.1, 0.15) is 5.60 Å². The van der Waals surface area contributed by atoms with Crippen molar-refractivity contribution in [3.8, 4) is 0 Å². The van der Waals surface area contributed by atoms with E-state index in [1.807, 2.05) is 0 Å². The Bertz CT molecular complexity index is 822. The van der Waals surface area contributed by atoms with Crippen LogP contribution in [-0.4, -0.2) is 36.6 Å². The number of unbranched alkanes of at least 4 members (excludes halogenated alkanes) is 18. The molecule has 0 radical (unpaired) electrons. The highest BCUT2D eigenvalue weighted by molar-refractivity contribution is 5.73. The van der Waals surface area contributed by atoms with Gasteiger partial charge in [0.2, 0.25) is 0 Å². The standard InChI is InChI=1S/C46H83NO2/c1-6-8-10-12-14-16-18-20-22-24-26-28-30-32-34-36-39-46(4,49-45(48)44-38-41-47(5)42-43(44)3)40-37-35-33-31-29-27-25-23-21-19-17-15-13-11-9-7-2/h14-17,20-23,43-44H,6-13,18-19,24-42H2,1-5H3/b16-14-,17-15-,22-20-,23-21-. The number of rotatable bonds is 32. The molecule has 0 aliphatic carbocycles. The summed E-state index contributed by atoms with van der Waals surface area (Å²) in [6, 6.07) is 0. The fourth-order valence-electron chi connectivity index (χ4n) is 7.22. The molecule has 0 aromatic carbocycles. The quantitative estimate of drug-likeness (QED) is 0.0402. The van der Waals surface area contributed by atoms with E-state index in [1.54, 1.807) is 0 Å². The summed E-state index contributed by atoms with van der Waals surface area (Å²) in [7, 11) is 2.17. The summed E-state index contributed by atoms with van der Waals surface area (Å²) in [5.74, 6) is 0.504. The zero-order chi connectivity index (χ0) is 35.7. The molecule has 1 rings (SSSR count). The van der Waals surface area contributed by atoms with Crippen LogP contribution < -0.4 is 0 Å². The predicted molar refractivity (Wildman–Crippen MR) is 217 cm³/mol. The molecule has 3 nitrogen and oxygen atoms in total. The first-order chi connectivity index (χ1) is 23.9.